The third kappa shape index (κ3) is 2.76. The summed E-state index contributed by atoms with van der Waals surface area (Å²) >= 11 is 0. The maximum absolute atomic E-state index is 11.1. The summed E-state index contributed by atoms with van der Waals surface area (Å²) in [5.74, 6) is -0.977. The summed E-state index contributed by atoms with van der Waals surface area (Å²) in [6.07, 6.45) is 1.46. The van der Waals surface area contributed by atoms with Crippen LogP contribution in [0.5, 0.6) is 0 Å². The lowest BCUT2D eigenvalue weighted by molar-refractivity contribution is -0.389. The Labute approximate surface area is 85.8 Å². The lowest BCUT2D eigenvalue weighted by Crippen LogP contribution is -2.19. The van der Waals surface area contributed by atoms with Gasteiger partial charge in [-0.3, -0.25) is 4.79 Å². The SMILES string of the molecule is COC(=O)C(C)Cn1ccc([N+](=O)[O-])n1. The highest BCUT2D eigenvalue weighted by Gasteiger charge is 2.17. The van der Waals surface area contributed by atoms with Crippen LogP contribution in [0.25, 0.3) is 0 Å². The van der Waals surface area contributed by atoms with E-state index in [1.807, 2.05) is 0 Å². The van der Waals surface area contributed by atoms with Crippen molar-refractivity contribution in [3.8, 4) is 0 Å². The predicted molar refractivity (Wildman–Crippen MR) is 50.1 cm³/mol. The van der Waals surface area contributed by atoms with Crippen molar-refractivity contribution in [3.63, 3.8) is 0 Å². The second-order valence-corrected chi connectivity index (χ2v) is 3.08. The monoisotopic (exact) mass is 213 g/mol. The summed E-state index contributed by atoms with van der Waals surface area (Å²) in [4.78, 5) is 20.8. The Hall–Kier alpha value is -1.92. The second kappa shape index (κ2) is 4.54. The zero-order valence-electron chi connectivity index (χ0n) is 8.41. The molecule has 0 bridgehead atoms. The summed E-state index contributed by atoms with van der Waals surface area (Å²) in [6, 6.07) is 1.28. The average molecular weight is 213 g/mol. The second-order valence-electron chi connectivity index (χ2n) is 3.08. The summed E-state index contributed by atoms with van der Waals surface area (Å²) in [7, 11) is 1.30. The van der Waals surface area contributed by atoms with E-state index in [0.29, 0.717) is 0 Å². The number of aromatic nitrogens is 2. The zero-order valence-corrected chi connectivity index (χ0v) is 8.41. The number of carbonyl (C=O) groups excluding carboxylic acids is 1. The largest absolute Gasteiger partial charge is 0.469 e. The molecule has 0 aromatic carbocycles. The van der Waals surface area contributed by atoms with Gasteiger partial charge in [-0.1, -0.05) is 6.92 Å². The van der Waals surface area contributed by atoms with E-state index in [9.17, 15) is 14.9 Å². The first kappa shape index (κ1) is 11.2. The molecule has 0 aliphatic rings. The number of nitro groups is 1. The Morgan fingerprint density at radius 2 is 2.47 bits per heavy atom. The first-order chi connectivity index (χ1) is 7.04. The molecule has 7 nitrogen and oxygen atoms in total. The molecular weight excluding hydrogens is 202 g/mol. The maximum atomic E-state index is 11.1. The van der Waals surface area contributed by atoms with Crippen molar-refractivity contribution in [1.82, 2.24) is 9.78 Å². The molecule has 0 saturated carbocycles. The van der Waals surface area contributed by atoms with Gasteiger partial charge in [0.25, 0.3) is 0 Å². The normalized spacial score (nSPS) is 12.1. The average Bonchev–Trinajstić information content (AvgIpc) is 2.65. The van der Waals surface area contributed by atoms with Crippen molar-refractivity contribution in [2.24, 2.45) is 5.92 Å². The van der Waals surface area contributed by atoms with Gasteiger partial charge in [-0.2, -0.15) is 4.68 Å². The number of hydrogen-bond acceptors (Lipinski definition) is 5. The van der Waals surface area contributed by atoms with Crippen LogP contribution < -0.4 is 0 Å². The molecule has 1 aromatic heterocycles. The minimum atomic E-state index is -0.584. The highest BCUT2D eigenvalue weighted by atomic mass is 16.6. The van der Waals surface area contributed by atoms with Crippen molar-refractivity contribution < 1.29 is 14.5 Å². The fourth-order valence-electron chi connectivity index (χ4n) is 1.11. The van der Waals surface area contributed by atoms with Crippen LogP contribution in [0.2, 0.25) is 0 Å². The molecule has 0 radical (unpaired) electrons. The van der Waals surface area contributed by atoms with Gasteiger partial charge in [0.1, 0.15) is 0 Å². The molecular formula is C8H11N3O4. The minimum absolute atomic E-state index is 0.230. The number of rotatable bonds is 4. The summed E-state index contributed by atoms with van der Waals surface area (Å²) in [5, 5.41) is 14.0. The van der Waals surface area contributed by atoms with E-state index in [-0.39, 0.29) is 24.2 Å². The fraction of sp³-hybridized carbons (Fsp3) is 0.500. The molecule has 7 heteroatoms. The number of ether oxygens (including phenoxy) is 1. The van der Waals surface area contributed by atoms with E-state index in [2.05, 4.69) is 9.84 Å². The molecule has 1 rings (SSSR count). The molecule has 0 saturated heterocycles. The predicted octanol–water partition coefficient (Wildman–Crippen LogP) is 0.600. The molecule has 15 heavy (non-hydrogen) atoms. The van der Waals surface area contributed by atoms with Gasteiger partial charge < -0.3 is 14.9 Å². The van der Waals surface area contributed by atoms with E-state index in [1.165, 1.54) is 24.1 Å². The van der Waals surface area contributed by atoms with Crippen LogP contribution in [0, 0.1) is 16.0 Å². The molecule has 0 fully saturated rings. The molecule has 82 valence electrons. The van der Waals surface area contributed by atoms with Gasteiger partial charge >= 0.3 is 11.8 Å². The lowest BCUT2D eigenvalue weighted by atomic mass is 10.2. The molecule has 0 N–H and O–H groups in total. The molecule has 1 aromatic rings. The quantitative estimate of drug-likeness (QED) is 0.415. The Bertz CT molecular complexity index is 374. The standard InChI is InChI=1S/C8H11N3O4/c1-6(8(12)15-2)5-10-4-3-7(9-10)11(13)14/h3-4,6H,5H2,1-2H3. The third-order valence-electron chi connectivity index (χ3n) is 1.88. The van der Waals surface area contributed by atoms with E-state index in [1.54, 1.807) is 6.92 Å². The van der Waals surface area contributed by atoms with Crippen LogP contribution in [-0.4, -0.2) is 27.8 Å². The molecule has 0 spiro atoms. The van der Waals surface area contributed by atoms with Gasteiger partial charge in [0.05, 0.1) is 36.9 Å². The first-order valence-corrected chi connectivity index (χ1v) is 4.30. The van der Waals surface area contributed by atoms with Gasteiger partial charge in [-0.05, 0) is 4.92 Å². The molecule has 1 atom stereocenters. The lowest BCUT2D eigenvalue weighted by Gasteiger charge is -2.05. The number of methoxy groups -OCH3 is 1. The molecule has 0 aliphatic carbocycles. The van der Waals surface area contributed by atoms with Gasteiger partial charge in [0.15, 0.2) is 0 Å². The van der Waals surface area contributed by atoms with E-state index in [4.69, 9.17) is 0 Å². The van der Waals surface area contributed by atoms with Gasteiger partial charge in [-0.15, -0.1) is 0 Å². The van der Waals surface area contributed by atoms with Crippen LogP contribution in [0.15, 0.2) is 12.3 Å². The zero-order chi connectivity index (χ0) is 11.4. The van der Waals surface area contributed by atoms with Crippen molar-refractivity contribution in [2.45, 2.75) is 13.5 Å². The Balaban J connectivity index is 2.65. The van der Waals surface area contributed by atoms with Crippen molar-refractivity contribution in [1.29, 1.82) is 0 Å². The van der Waals surface area contributed by atoms with Crippen molar-refractivity contribution >= 4 is 11.8 Å². The van der Waals surface area contributed by atoms with Crippen LogP contribution in [0.3, 0.4) is 0 Å². The van der Waals surface area contributed by atoms with Gasteiger partial charge in [0.2, 0.25) is 0 Å². The molecule has 0 aliphatic heterocycles. The number of hydrogen-bond donors (Lipinski definition) is 0. The van der Waals surface area contributed by atoms with E-state index in [0.717, 1.165) is 0 Å². The smallest absolute Gasteiger partial charge is 0.389 e. The van der Waals surface area contributed by atoms with E-state index >= 15 is 0 Å². The minimum Gasteiger partial charge on any atom is -0.469 e. The highest BCUT2D eigenvalue weighted by Crippen LogP contribution is 2.08. The third-order valence-corrected chi connectivity index (χ3v) is 1.88. The summed E-state index contributed by atoms with van der Waals surface area (Å²) < 4.78 is 5.87. The van der Waals surface area contributed by atoms with Gasteiger partial charge in [0, 0.05) is 0 Å². The van der Waals surface area contributed by atoms with Crippen molar-refractivity contribution in [2.75, 3.05) is 7.11 Å². The molecule has 0 amide bonds. The summed E-state index contributed by atoms with van der Waals surface area (Å²) in [6.45, 7) is 1.93. The summed E-state index contributed by atoms with van der Waals surface area (Å²) in [5.41, 5.74) is 0. The highest BCUT2D eigenvalue weighted by molar-refractivity contribution is 5.71. The number of nitrogens with zero attached hydrogens (tertiary/aromatic N) is 3. The molecule has 1 unspecified atom stereocenters. The Morgan fingerprint density at radius 1 is 1.80 bits per heavy atom. The van der Waals surface area contributed by atoms with Crippen molar-refractivity contribution in [3.05, 3.63) is 22.4 Å². The van der Waals surface area contributed by atoms with Crippen LogP contribution >= 0.6 is 0 Å². The van der Waals surface area contributed by atoms with E-state index < -0.39 is 4.92 Å². The fourth-order valence-corrected chi connectivity index (χ4v) is 1.11. The Morgan fingerprint density at radius 3 is 2.93 bits per heavy atom. The van der Waals surface area contributed by atoms with Crippen LogP contribution in [0.1, 0.15) is 6.92 Å². The number of esters is 1. The Kier molecular flexibility index (Phi) is 3.37. The van der Waals surface area contributed by atoms with Crippen LogP contribution in [0.4, 0.5) is 5.82 Å². The maximum Gasteiger partial charge on any atom is 0.389 e. The molecule has 1 heterocycles. The van der Waals surface area contributed by atoms with Gasteiger partial charge in [-0.25, -0.2) is 0 Å². The topological polar surface area (TPSA) is 87.3 Å². The first-order valence-electron chi connectivity index (χ1n) is 4.30. The number of carbonyl (C=O) groups is 1. The van der Waals surface area contributed by atoms with Crippen LogP contribution in [-0.2, 0) is 16.1 Å².